The van der Waals surface area contributed by atoms with Crippen molar-refractivity contribution in [1.29, 1.82) is 0 Å². The van der Waals surface area contributed by atoms with Gasteiger partial charge in [-0.05, 0) is 24.6 Å². The molecule has 0 fully saturated rings. The average Bonchev–Trinajstić information content (AvgIpc) is 2.57. The second-order valence-corrected chi connectivity index (χ2v) is 6.62. The smallest absolute Gasteiger partial charge is 0.339 e. The van der Waals surface area contributed by atoms with Gasteiger partial charge in [0.15, 0.2) is 5.58 Å². The Morgan fingerprint density at radius 2 is 1.88 bits per heavy atom. The summed E-state index contributed by atoms with van der Waals surface area (Å²) in [6, 6.07) is 6.01. The first-order chi connectivity index (χ1) is 12.0. The quantitative estimate of drug-likeness (QED) is 0.520. The van der Waals surface area contributed by atoms with Gasteiger partial charge in [-0.15, -0.1) is 0 Å². The summed E-state index contributed by atoms with van der Waals surface area (Å²) in [5.41, 5.74) is -0.342. The van der Waals surface area contributed by atoms with Crippen molar-refractivity contribution in [2.75, 3.05) is 0 Å². The van der Waals surface area contributed by atoms with Crippen LogP contribution >= 0.6 is 11.6 Å². The minimum absolute atomic E-state index is 0.0166. The number of hydrogen-bond donors (Lipinski definition) is 1. The van der Waals surface area contributed by atoms with Crippen LogP contribution in [-0.4, -0.2) is 9.67 Å². The third-order valence-electron chi connectivity index (χ3n) is 4.38. The lowest BCUT2D eigenvalue weighted by Gasteiger charge is -2.13. The molecule has 3 rings (SSSR count). The zero-order chi connectivity index (χ0) is 18.0. The van der Waals surface area contributed by atoms with E-state index in [0.29, 0.717) is 22.5 Å². The van der Waals surface area contributed by atoms with Crippen molar-refractivity contribution >= 4 is 33.5 Å². The van der Waals surface area contributed by atoms with Gasteiger partial charge >= 0.3 is 5.63 Å². The number of aryl methyl sites for hydroxylation is 1. The highest BCUT2D eigenvalue weighted by atomic mass is 35.5. The predicted molar refractivity (Wildman–Crippen MR) is 99.7 cm³/mol. The Morgan fingerprint density at radius 1 is 1.12 bits per heavy atom. The Morgan fingerprint density at radius 3 is 2.64 bits per heavy atom. The first kappa shape index (κ1) is 17.5. The van der Waals surface area contributed by atoms with E-state index < -0.39 is 5.63 Å². The van der Waals surface area contributed by atoms with E-state index >= 15 is 0 Å². The molecular weight excluding hydrogens is 342 g/mol. The standard InChI is InChI=1S/C19H20ClNO4/c1-2-3-4-5-6-9-21-14-8-7-12(20)10-13(14)18-17(19(21)24)15(22)11-16(23)25-18/h7-8,10-11,22H,2-6,9H2,1H3. The van der Waals surface area contributed by atoms with Crippen LogP contribution in [0.25, 0.3) is 21.9 Å². The van der Waals surface area contributed by atoms with Crippen LogP contribution in [0.1, 0.15) is 39.0 Å². The second kappa shape index (κ2) is 7.31. The Hall–Kier alpha value is -2.27. The van der Waals surface area contributed by atoms with E-state index in [0.717, 1.165) is 31.7 Å². The fraction of sp³-hybridized carbons (Fsp3) is 0.368. The normalized spacial score (nSPS) is 11.4. The summed E-state index contributed by atoms with van der Waals surface area (Å²) >= 11 is 6.08. The van der Waals surface area contributed by atoms with Gasteiger partial charge in [-0.1, -0.05) is 44.2 Å². The number of hydrogen-bond acceptors (Lipinski definition) is 4. The zero-order valence-electron chi connectivity index (χ0n) is 14.0. The van der Waals surface area contributed by atoms with Gasteiger partial charge in [0.25, 0.3) is 5.56 Å². The molecule has 0 aliphatic carbocycles. The molecule has 0 saturated heterocycles. The van der Waals surface area contributed by atoms with Crippen molar-refractivity contribution in [1.82, 2.24) is 4.57 Å². The van der Waals surface area contributed by atoms with Gasteiger partial charge in [0.2, 0.25) is 0 Å². The summed E-state index contributed by atoms with van der Waals surface area (Å²) in [4.78, 5) is 24.5. The molecule has 3 aromatic rings. The fourth-order valence-corrected chi connectivity index (χ4v) is 3.31. The molecule has 0 saturated carbocycles. The van der Waals surface area contributed by atoms with Crippen LogP contribution < -0.4 is 11.2 Å². The Labute approximate surface area is 149 Å². The number of unbranched alkanes of at least 4 members (excludes halogenated alkanes) is 4. The van der Waals surface area contributed by atoms with Gasteiger partial charge in [0, 0.05) is 17.0 Å². The van der Waals surface area contributed by atoms with Crippen molar-refractivity contribution in [3.63, 3.8) is 0 Å². The summed E-state index contributed by atoms with van der Waals surface area (Å²) in [7, 11) is 0. The summed E-state index contributed by atoms with van der Waals surface area (Å²) < 4.78 is 6.84. The predicted octanol–water partition coefficient (Wildman–Crippen LogP) is 4.44. The average molecular weight is 362 g/mol. The highest BCUT2D eigenvalue weighted by molar-refractivity contribution is 6.31. The summed E-state index contributed by atoms with van der Waals surface area (Å²) in [5, 5.41) is 11.1. The minimum atomic E-state index is -0.706. The number of rotatable bonds is 6. The molecule has 132 valence electrons. The molecule has 0 radical (unpaired) electrons. The monoisotopic (exact) mass is 361 g/mol. The highest BCUT2D eigenvalue weighted by Gasteiger charge is 2.17. The van der Waals surface area contributed by atoms with E-state index in [1.807, 2.05) is 0 Å². The molecule has 1 N–H and O–H groups in total. The van der Waals surface area contributed by atoms with Crippen molar-refractivity contribution in [2.45, 2.75) is 45.6 Å². The molecule has 0 atom stereocenters. The van der Waals surface area contributed by atoms with Crippen LogP contribution in [-0.2, 0) is 6.54 Å². The van der Waals surface area contributed by atoms with E-state index in [1.54, 1.807) is 22.8 Å². The molecule has 0 aliphatic heterocycles. The number of benzene rings is 1. The topological polar surface area (TPSA) is 72.4 Å². The number of nitrogens with zero attached hydrogens (tertiary/aromatic N) is 1. The highest BCUT2D eigenvalue weighted by Crippen LogP contribution is 2.29. The minimum Gasteiger partial charge on any atom is -0.507 e. The number of aromatic nitrogens is 1. The van der Waals surface area contributed by atoms with Gasteiger partial charge in [-0.3, -0.25) is 4.79 Å². The van der Waals surface area contributed by atoms with Gasteiger partial charge in [0.1, 0.15) is 11.1 Å². The van der Waals surface area contributed by atoms with E-state index in [9.17, 15) is 14.7 Å². The molecule has 0 bridgehead atoms. The van der Waals surface area contributed by atoms with Gasteiger partial charge in [-0.2, -0.15) is 0 Å². The second-order valence-electron chi connectivity index (χ2n) is 6.19. The van der Waals surface area contributed by atoms with Crippen LogP contribution in [0, 0.1) is 0 Å². The summed E-state index contributed by atoms with van der Waals surface area (Å²) in [6.45, 7) is 2.69. The Balaban J connectivity index is 2.19. The number of fused-ring (bicyclic) bond motifs is 3. The number of halogens is 1. The largest absolute Gasteiger partial charge is 0.507 e. The van der Waals surface area contributed by atoms with Crippen molar-refractivity contribution < 1.29 is 9.52 Å². The molecule has 2 heterocycles. The van der Waals surface area contributed by atoms with Gasteiger partial charge in [0.05, 0.1) is 11.6 Å². The first-order valence-electron chi connectivity index (χ1n) is 8.52. The van der Waals surface area contributed by atoms with Crippen molar-refractivity contribution in [2.24, 2.45) is 0 Å². The summed E-state index contributed by atoms with van der Waals surface area (Å²) in [5.74, 6) is -0.363. The fourth-order valence-electron chi connectivity index (χ4n) is 3.14. The number of aromatic hydroxyl groups is 1. The lowest BCUT2D eigenvalue weighted by Crippen LogP contribution is -2.22. The molecule has 2 aromatic heterocycles. The molecule has 25 heavy (non-hydrogen) atoms. The molecule has 5 nitrogen and oxygen atoms in total. The van der Waals surface area contributed by atoms with E-state index in [4.69, 9.17) is 16.0 Å². The maximum Gasteiger partial charge on any atom is 0.339 e. The van der Waals surface area contributed by atoms with Crippen LogP contribution in [0.15, 0.2) is 38.3 Å². The number of pyridine rings is 1. The van der Waals surface area contributed by atoms with Gasteiger partial charge in [-0.25, -0.2) is 4.79 Å². The molecule has 0 unspecified atom stereocenters. The van der Waals surface area contributed by atoms with Crippen molar-refractivity contribution in [3.05, 3.63) is 50.1 Å². The van der Waals surface area contributed by atoms with Gasteiger partial charge < -0.3 is 14.1 Å². The molecular formula is C19H20ClNO4. The molecule has 6 heteroatoms. The maximum absolute atomic E-state index is 12.9. The maximum atomic E-state index is 12.9. The SMILES string of the molecule is CCCCCCCn1c(=O)c2c(O)cc(=O)oc2c2cc(Cl)ccc21. The van der Waals surface area contributed by atoms with E-state index in [2.05, 4.69) is 6.92 Å². The molecule has 0 spiro atoms. The summed E-state index contributed by atoms with van der Waals surface area (Å²) in [6.07, 6.45) is 5.35. The van der Waals surface area contributed by atoms with Crippen LogP contribution in [0.5, 0.6) is 5.75 Å². The van der Waals surface area contributed by atoms with Crippen molar-refractivity contribution in [3.8, 4) is 5.75 Å². The molecule has 0 aliphatic rings. The molecule has 1 aromatic carbocycles. The van der Waals surface area contributed by atoms with Crippen LogP contribution in [0.3, 0.4) is 0 Å². The Kier molecular flexibility index (Phi) is 5.13. The van der Waals surface area contributed by atoms with E-state index in [-0.39, 0.29) is 22.3 Å². The third-order valence-corrected chi connectivity index (χ3v) is 4.61. The van der Waals surface area contributed by atoms with E-state index in [1.165, 1.54) is 6.42 Å². The lowest BCUT2D eigenvalue weighted by molar-refractivity contribution is 0.466. The lowest BCUT2D eigenvalue weighted by atomic mass is 10.1. The first-order valence-corrected chi connectivity index (χ1v) is 8.89. The zero-order valence-corrected chi connectivity index (χ0v) is 14.8. The van der Waals surface area contributed by atoms with Crippen LogP contribution in [0.2, 0.25) is 5.02 Å². The third kappa shape index (κ3) is 3.42. The molecule has 0 amide bonds. The van der Waals surface area contributed by atoms with Crippen LogP contribution in [0.4, 0.5) is 0 Å². The Bertz CT molecular complexity index is 1040.